The first-order chi connectivity index (χ1) is 14.9. The van der Waals surface area contributed by atoms with E-state index >= 15 is 0 Å². The zero-order valence-corrected chi connectivity index (χ0v) is 17.2. The Kier molecular flexibility index (Phi) is 5.79. The molecule has 0 spiro atoms. The van der Waals surface area contributed by atoms with Crippen LogP contribution < -0.4 is 15.4 Å². The maximum atomic E-state index is 14.0. The van der Waals surface area contributed by atoms with E-state index in [1.54, 1.807) is 19.4 Å². The van der Waals surface area contributed by atoms with Crippen LogP contribution in [0.5, 0.6) is 5.75 Å². The maximum absolute atomic E-state index is 14.0. The van der Waals surface area contributed by atoms with Gasteiger partial charge in [-0.3, -0.25) is 4.79 Å². The fourth-order valence-electron chi connectivity index (χ4n) is 4.33. The molecule has 3 heterocycles. The molecule has 0 saturated carbocycles. The van der Waals surface area contributed by atoms with Crippen molar-refractivity contribution in [1.82, 2.24) is 9.61 Å². The van der Waals surface area contributed by atoms with Gasteiger partial charge in [0.05, 0.1) is 42.6 Å². The summed E-state index contributed by atoms with van der Waals surface area (Å²) in [5.41, 5.74) is 8.29. The number of carbonyl (C=O) groups excluding carboxylic acids is 1. The summed E-state index contributed by atoms with van der Waals surface area (Å²) in [6, 6.07) is 8.13. The molecule has 0 radical (unpaired) electrons. The SMILES string of the molecule is COc1ccc(F)cc1[C@H]1CCCN1c1ccn2nc(C[C@H](O)CO)c(C(N)=O)c2c1. The summed E-state index contributed by atoms with van der Waals surface area (Å²) in [6.07, 6.45) is 2.46. The fourth-order valence-corrected chi connectivity index (χ4v) is 4.33. The van der Waals surface area contributed by atoms with Gasteiger partial charge < -0.3 is 25.6 Å². The molecule has 31 heavy (non-hydrogen) atoms. The number of amides is 1. The Morgan fingerprint density at radius 1 is 1.39 bits per heavy atom. The predicted molar refractivity (Wildman–Crippen MR) is 113 cm³/mol. The summed E-state index contributed by atoms with van der Waals surface area (Å²) in [7, 11) is 1.57. The molecule has 1 amide bonds. The molecule has 1 aliphatic rings. The summed E-state index contributed by atoms with van der Waals surface area (Å²) in [4.78, 5) is 14.3. The van der Waals surface area contributed by atoms with Crippen LogP contribution in [0.25, 0.3) is 5.52 Å². The average molecular weight is 428 g/mol. The number of primary amides is 1. The summed E-state index contributed by atoms with van der Waals surface area (Å²) >= 11 is 0. The van der Waals surface area contributed by atoms with E-state index in [9.17, 15) is 14.3 Å². The maximum Gasteiger partial charge on any atom is 0.252 e. The molecular formula is C22H25FN4O4. The Labute approximate surface area is 178 Å². The quantitative estimate of drug-likeness (QED) is 0.529. The van der Waals surface area contributed by atoms with Gasteiger partial charge in [0.1, 0.15) is 11.6 Å². The minimum absolute atomic E-state index is 0.0125. The van der Waals surface area contributed by atoms with Crippen LogP contribution in [-0.2, 0) is 6.42 Å². The van der Waals surface area contributed by atoms with Crippen LogP contribution in [0, 0.1) is 5.82 Å². The van der Waals surface area contributed by atoms with Gasteiger partial charge in [-0.15, -0.1) is 0 Å². The number of carbonyl (C=O) groups is 1. The minimum atomic E-state index is -1.04. The molecule has 4 N–H and O–H groups in total. The molecule has 2 aromatic heterocycles. The monoisotopic (exact) mass is 428 g/mol. The minimum Gasteiger partial charge on any atom is -0.496 e. The van der Waals surface area contributed by atoms with Crippen molar-refractivity contribution >= 4 is 17.1 Å². The molecule has 8 nitrogen and oxygen atoms in total. The van der Waals surface area contributed by atoms with E-state index in [1.165, 1.54) is 16.6 Å². The van der Waals surface area contributed by atoms with Crippen molar-refractivity contribution in [3.63, 3.8) is 0 Å². The molecule has 164 valence electrons. The standard InChI is InChI=1S/C22H25FN4O4/c1-31-20-5-4-13(23)9-16(20)18-3-2-7-26(18)14-6-8-27-19(10-14)21(22(24)30)17(25-27)11-15(29)12-28/h4-6,8-10,15,18,28-29H,2-3,7,11-12H2,1H3,(H2,24,30)/t15-,18+/m0/s1. The lowest BCUT2D eigenvalue weighted by Gasteiger charge is -2.28. The molecule has 1 aromatic carbocycles. The van der Waals surface area contributed by atoms with Gasteiger partial charge in [-0.2, -0.15) is 5.10 Å². The van der Waals surface area contributed by atoms with Crippen molar-refractivity contribution in [1.29, 1.82) is 0 Å². The van der Waals surface area contributed by atoms with Crippen LogP contribution in [0.1, 0.15) is 40.5 Å². The fraction of sp³-hybridized carbons (Fsp3) is 0.364. The largest absolute Gasteiger partial charge is 0.496 e. The van der Waals surface area contributed by atoms with Gasteiger partial charge in [-0.05, 0) is 43.2 Å². The van der Waals surface area contributed by atoms with E-state index < -0.39 is 18.6 Å². The summed E-state index contributed by atoms with van der Waals surface area (Å²) < 4.78 is 21.0. The summed E-state index contributed by atoms with van der Waals surface area (Å²) in [5.74, 6) is -0.351. The molecule has 0 aliphatic carbocycles. The van der Waals surface area contributed by atoms with Crippen molar-refractivity contribution in [2.75, 3.05) is 25.2 Å². The zero-order valence-electron chi connectivity index (χ0n) is 17.2. The normalized spacial score (nSPS) is 17.3. The molecule has 1 saturated heterocycles. The second-order valence-corrected chi connectivity index (χ2v) is 7.68. The number of ether oxygens (including phenoxy) is 1. The van der Waals surface area contributed by atoms with Crippen molar-refractivity contribution in [3.8, 4) is 5.75 Å². The van der Waals surface area contributed by atoms with Gasteiger partial charge >= 0.3 is 0 Å². The number of aliphatic hydroxyl groups excluding tert-OH is 2. The van der Waals surface area contributed by atoms with Crippen molar-refractivity contribution < 1.29 is 24.1 Å². The van der Waals surface area contributed by atoms with E-state index in [-0.39, 0.29) is 23.8 Å². The third kappa shape index (κ3) is 3.94. The van der Waals surface area contributed by atoms with Crippen molar-refractivity contribution in [3.05, 3.63) is 59.2 Å². The number of rotatable bonds is 7. The van der Waals surface area contributed by atoms with Gasteiger partial charge in [0, 0.05) is 30.4 Å². The van der Waals surface area contributed by atoms with Gasteiger partial charge in [0.15, 0.2) is 0 Å². The first-order valence-corrected chi connectivity index (χ1v) is 10.1. The highest BCUT2D eigenvalue weighted by molar-refractivity contribution is 6.01. The van der Waals surface area contributed by atoms with E-state index in [4.69, 9.17) is 15.6 Å². The number of nitrogens with two attached hydrogens (primary N) is 1. The van der Waals surface area contributed by atoms with Crippen LogP contribution in [0.2, 0.25) is 0 Å². The van der Waals surface area contributed by atoms with Gasteiger partial charge in [0.2, 0.25) is 0 Å². The highest BCUT2D eigenvalue weighted by Crippen LogP contribution is 2.40. The number of aromatic nitrogens is 2. The van der Waals surface area contributed by atoms with Crippen LogP contribution in [0.4, 0.5) is 10.1 Å². The van der Waals surface area contributed by atoms with Crippen molar-refractivity contribution in [2.24, 2.45) is 5.73 Å². The molecule has 3 aromatic rings. The number of pyridine rings is 1. The molecule has 1 fully saturated rings. The molecule has 4 rings (SSSR count). The Morgan fingerprint density at radius 3 is 2.90 bits per heavy atom. The number of halogens is 1. The van der Waals surface area contributed by atoms with E-state index in [1.807, 2.05) is 12.1 Å². The Hall–Kier alpha value is -3.17. The lowest BCUT2D eigenvalue weighted by atomic mass is 10.0. The number of methoxy groups -OCH3 is 1. The van der Waals surface area contributed by atoms with E-state index in [0.29, 0.717) is 17.0 Å². The molecule has 0 unspecified atom stereocenters. The number of anilines is 1. The number of hydrogen-bond acceptors (Lipinski definition) is 6. The van der Waals surface area contributed by atoms with E-state index in [0.717, 1.165) is 30.6 Å². The van der Waals surface area contributed by atoms with E-state index in [2.05, 4.69) is 10.00 Å². The van der Waals surface area contributed by atoms with Crippen LogP contribution >= 0.6 is 0 Å². The topological polar surface area (TPSA) is 113 Å². The van der Waals surface area contributed by atoms with Gasteiger partial charge in [-0.1, -0.05) is 0 Å². The Morgan fingerprint density at radius 2 is 2.19 bits per heavy atom. The first kappa shape index (κ1) is 21.1. The first-order valence-electron chi connectivity index (χ1n) is 10.1. The third-order valence-electron chi connectivity index (χ3n) is 5.71. The Bertz CT molecular complexity index is 1120. The van der Waals surface area contributed by atoms with Gasteiger partial charge in [-0.25, -0.2) is 8.91 Å². The van der Waals surface area contributed by atoms with Gasteiger partial charge in [0.25, 0.3) is 5.91 Å². The second kappa shape index (κ2) is 8.52. The third-order valence-corrected chi connectivity index (χ3v) is 5.71. The van der Waals surface area contributed by atoms with Crippen LogP contribution in [0.15, 0.2) is 36.5 Å². The summed E-state index contributed by atoms with van der Waals surface area (Å²) in [5, 5.41) is 23.3. The van der Waals surface area contributed by atoms with Crippen LogP contribution in [0.3, 0.4) is 0 Å². The zero-order chi connectivity index (χ0) is 22.1. The molecule has 1 aliphatic heterocycles. The molecule has 2 atom stereocenters. The molecule has 9 heteroatoms. The smallest absolute Gasteiger partial charge is 0.252 e. The summed E-state index contributed by atoms with van der Waals surface area (Å²) in [6.45, 7) is 0.318. The number of nitrogens with zero attached hydrogens (tertiary/aromatic N) is 3. The number of fused-ring (bicyclic) bond motifs is 1. The number of hydrogen-bond donors (Lipinski definition) is 3. The molecule has 0 bridgehead atoms. The second-order valence-electron chi connectivity index (χ2n) is 7.68. The van der Waals surface area contributed by atoms with Crippen molar-refractivity contribution in [2.45, 2.75) is 31.4 Å². The lowest BCUT2D eigenvalue weighted by Crippen LogP contribution is -2.23. The number of benzene rings is 1. The number of aliphatic hydroxyl groups is 2. The Balaban J connectivity index is 1.76. The van der Waals surface area contributed by atoms with Crippen LogP contribution in [-0.4, -0.2) is 52.1 Å². The molecular weight excluding hydrogens is 403 g/mol. The highest BCUT2D eigenvalue weighted by atomic mass is 19.1. The predicted octanol–water partition coefficient (Wildman–Crippen LogP) is 1.82. The highest BCUT2D eigenvalue weighted by Gasteiger charge is 2.30. The lowest BCUT2D eigenvalue weighted by molar-refractivity contribution is 0.0934. The average Bonchev–Trinajstić information content (AvgIpc) is 3.37.